The van der Waals surface area contributed by atoms with Crippen LogP contribution in [0, 0.1) is 0 Å². The fraction of sp³-hybridized carbons (Fsp3) is 0.667. The molecule has 0 bridgehead atoms. The van der Waals surface area contributed by atoms with E-state index in [9.17, 15) is 0 Å². The van der Waals surface area contributed by atoms with Crippen molar-refractivity contribution in [1.29, 1.82) is 0 Å². The summed E-state index contributed by atoms with van der Waals surface area (Å²) >= 11 is 0. The SMILES string of the molecule is CN=C(NCCCOCC1CCCO1)NCc1ccnc(N(C)C)c1. The number of anilines is 1. The zero-order chi connectivity index (χ0) is 17.9. The molecular formula is C18H31N5O2. The first-order valence-corrected chi connectivity index (χ1v) is 8.95. The van der Waals surface area contributed by atoms with Crippen molar-refractivity contribution in [3.8, 4) is 0 Å². The van der Waals surface area contributed by atoms with E-state index in [1.807, 2.05) is 31.3 Å². The first kappa shape index (κ1) is 19.5. The van der Waals surface area contributed by atoms with Crippen LogP contribution in [0.1, 0.15) is 24.8 Å². The van der Waals surface area contributed by atoms with Crippen LogP contribution in [0.25, 0.3) is 0 Å². The van der Waals surface area contributed by atoms with Crippen LogP contribution in [0.2, 0.25) is 0 Å². The predicted octanol–water partition coefficient (Wildman–Crippen LogP) is 1.40. The van der Waals surface area contributed by atoms with E-state index in [2.05, 4.69) is 26.7 Å². The van der Waals surface area contributed by atoms with E-state index in [-0.39, 0.29) is 0 Å². The van der Waals surface area contributed by atoms with Crippen molar-refractivity contribution in [2.45, 2.75) is 31.9 Å². The highest BCUT2D eigenvalue weighted by Gasteiger charge is 2.14. The summed E-state index contributed by atoms with van der Waals surface area (Å²) in [5, 5.41) is 6.63. The molecule has 2 rings (SSSR count). The summed E-state index contributed by atoms with van der Waals surface area (Å²) < 4.78 is 11.2. The quantitative estimate of drug-likeness (QED) is 0.399. The van der Waals surface area contributed by atoms with Crippen LogP contribution in [0.15, 0.2) is 23.3 Å². The van der Waals surface area contributed by atoms with Gasteiger partial charge < -0.3 is 25.0 Å². The molecule has 7 heteroatoms. The molecule has 0 spiro atoms. The highest BCUT2D eigenvalue weighted by atomic mass is 16.5. The van der Waals surface area contributed by atoms with Gasteiger partial charge in [0.2, 0.25) is 0 Å². The lowest BCUT2D eigenvalue weighted by molar-refractivity contribution is 0.0168. The first-order valence-electron chi connectivity index (χ1n) is 8.95. The molecule has 1 unspecified atom stereocenters. The number of rotatable bonds is 9. The Labute approximate surface area is 150 Å². The van der Waals surface area contributed by atoms with Gasteiger partial charge in [0.05, 0.1) is 12.7 Å². The van der Waals surface area contributed by atoms with Crippen molar-refractivity contribution in [3.05, 3.63) is 23.9 Å². The van der Waals surface area contributed by atoms with Crippen LogP contribution in [0.4, 0.5) is 5.82 Å². The fourth-order valence-corrected chi connectivity index (χ4v) is 2.59. The van der Waals surface area contributed by atoms with E-state index in [0.29, 0.717) is 19.3 Å². The van der Waals surface area contributed by atoms with Gasteiger partial charge >= 0.3 is 0 Å². The third-order valence-corrected chi connectivity index (χ3v) is 4.04. The summed E-state index contributed by atoms with van der Waals surface area (Å²) in [6.45, 7) is 3.86. The molecule has 0 radical (unpaired) electrons. The summed E-state index contributed by atoms with van der Waals surface area (Å²) in [6, 6.07) is 4.07. The second kappa shape index (κ2) is 10.9. The lowest BCUT2D eigenvalue weighted by Gasteiger charge is -2.14. The second-order valence-electron chi connectivity index (χ2n) is 6.33. The Bertz CT molecular complexity index is 530. The number of ether oxygens (including phenoxy) is 2. The van der Waals surface area contributed by atoms with Gasteiger partial charge in [-0.25, -0.2) is 4.98 Å². The van der Waals surface area contributed by atoms with Gasteiger partial charge in [0.1, 0.15) is 5.82 Å². The lowest BCUT2D eigenvalue weighted by atomic mass is 10.2. The van der Waals surface area contributed by atoms with Gasteiger partial charge in [-0.15, -0.1) is 0 Å². The molecule has 7 nitrogen and oxygen atoms in total. The smallest absolute Gasteiger partial charge is 0.191 e. The van der Waals surface area contributed by atoms with Crippen molar-refractivity contribution < 1.29 is 9.47 Å². The van der Waals surface area contributed by atoms with Crippen molar-refractivity contribution in [2.75, 3.05) is 52.4 Å². The number of nitrogens with zero attached hydrogens (tertiary/aromatic N) is 3. The molecule has 1 saturated heterocycles. The molecule has 1 atom stereocenters. The Morgan fingerprint density at radius 3 is 3.04 bits per heavy atom. The lowest BCUT2D eigenvalue weighted by Crippen LogP contribution is -2.37. The number of aromatic nitrogens is 1. The molecule has 0 aromatic carbocycles. The predicted molar refractivity (Wildman–Crippen MR) is 101 cm³/mol. The standard InChI is InChI=1S/C18H31N5O2/c1-19-18(21-8-5-10-24-14-16-6-4-11-25-16)22-13-15-7-9-20-17(12-15)23(2)3/h7,9,12,16H,4-6,8,10-11,13-14H2,1-3H3,(H2,19,21,22). The second-order valence-corrected chi connectivity index (χ2v) is 6.33. The molecule has 0 amide bonds. The largest absolute Gasteiger partial charge is 0.379 e. The Balaban J connectivity index is 1.59. The van der Waals surface area contributed by atoms with E-state index in [4.69, 9.17) is 9.47 Å². The number of hydrogen-bond donors (Lipinski definition) is 2. The van der Waals surface area contributed by atoms with Crippen LogP contribution >= 0.6 is 0 Å². The van der Waals surface area contributed by atoms with E-state index in [0.717, 1.165) is 50.8 Å². The zero-order valence-corrected chi connectivity index (χ0v) is 15.6. The van der Waals surface area contributed by atoms with Gasteiger partial charge in [-0.1, -0.05) is 0 Å². The number of pyridine rings is 1. The summed E-state index contributed by atoms with van der Waals surface area (Å²) in [5.41, 5.74) is 1.17. The molecule has 2 heterocycles. The Morgan fingerprint density at radius 1 is 1.44 bits per heavy atom. The molecule has 0 aliphatic carbocycles. The average molecular weight is 349 g/mol. The Kier molecular flexibility index (Phi) is 8.48. The van der Waals surface area contributed by atoms with Crippen molar-refractivity contribution in [1.82, 2.24) is 15.6 Å². The monoisotopic (exact) mass is 349 g/mol. The molecule has 1 aliphatic rings. The van der Waals surface area contributed by atoms with Crippen molar-refractivity contribution in [3.63, 3.8) is 0 Å². The summed E-state index contributed by atoms with van der Waals surface area (Å²) in [5.74, 6) is 1.74. The highest BCUT2D eigenvalue weighted by molar-refractivity contribution is 5.79. The topological polar surface area (TPSA) is 71.0 Å². The Hall–Kier alpha value is -1.86. The van der Waals surface area contributed by atoms with E-state index < -0.39 is 0 Å². The molecule has 1 fully saturated rings. The fourth-order valence-electron chi connectivity index (χ4n) is 2.59. The maximum absolute atomic E-state index is 5.66. The highest BCUT2D eigenvalue weighted by Crippen LogP contribution is 2.12. The average Bonchev–Trinajstić information content (AvgIpc) is 3.14. The van der Waals surface area contributed by atoms with Crippen LogP contribution in [-0.4, -0.2) is 64.6 Å². The summed E-state index contributed by atoms with van der Waals surface area (Å²) in [6.07, 6.45) is 5.35. The van der Waals surface area contributed by atoms with E-state index in [1.165, 1.54) is 5.56 Å². The number of guanidine groups is 1. The summed E-state index contributed by atoms with van der Waals surface area (Å²) in [7, 11) is 5.75. The minimum Gasteiger partial charge on any atom is -0.379 e. The third-order valence-electron chi connectivity index (χ3n) is 4.04. The van der Waals surface area contributed by atoms with Crippen molar-refractivity contribution in [2.24, 2.45) is 4.99 Å². The molecule has 2 N–H and O–H groups in total. The van der Waals surface area contributed by atoms with Crippen molar-refractivity contribution >= 4 is 11.8 Å². The Morgan fingerprint density at radius 2 is 2.32 bits per heavy atom. The molecule has 1 aliphatic heterocycles. The third kappa shape index (κ3) is 7.27. The zero-order valence-electron chi connectivity index (χ0n) is 15.6. The minimum atomic E-state index is 0.301. The van der Waals surface area contributed by atoms with Gasteiger partial charge in [-0.3, -0.25) is 4.99 Å². The van der Waals surface area contributed by atoms with Crippen LogP contribution < -0.4 is 15.5 Å². The van der Waals surface area contributed by atoms with E-state index >= 15 is 0 Å². The maximum atomic E-state index is 5.66. The van der Waals surface area contributed by atoms with Gasteiger partial charge in [0, 0.05) is 53.6 Å². The number of nitrogens with one attached hydrogen (secondary N) is 2. The van der Waals surface area contributed by atoms with Gasteiger partial charge in [0.15, 0.2) is 5.96 Å². The van der Waals surface area contributed by atoms with Gasteiger partial charge in [-0.05, 0) is 37.0 Å². The molecule has 140 valence electrons. The minimum absolute atomic E-state index is 0.301. The molecule has 1 aromatic rings. The van der Waals surface area contributed by atoms with Gasteiger partial charge in [-0.2, -0.15) is 0 Å². The first-order chi connectivity index (χ1) is 12.2. The number of aliphatic imine (C=N–C) groups is 1. The number of hydrogen-bond acceptors (Lipinski definition) is 5. The van der Waals surface area contributed by atoms with Crippen LogP contribution in [0.5, 0.6) is 0 Å². The van der Waals surface area contributed by atoms with E-state index in [1.54, 1.807) is 7.05 Å². The van der Waals surface area contributed by atoms with Gasteiger partial charge in [0.25, 0.3) is 0 Å². The summed E-state index contributed by atoms with van der Waals surface area (Å²) in [4.78, 5) is 10.6. The molecule has 25 heavy (non-hydrogen) atoms. The molecule has 0 saturated carbocycles. The van der Waals surface area contributed by atoms with Crippen LogP contribution in [0.3, 0.4) is 0 Å². The normalized spacial score (nSPS) is 17.6. The maximum Gasteiger partial charge on any atom is 0.191 e. The molecular weight excluding hydrogens is 318 g/mol. The molecule has 1 aromatic heterocycles. The van der Waals surface area contributed by atoms with Crippen LogP contribution in [-0.2, 0) is 16.0 Å².